The van der Waals surface area contributed by atoms with Crippen molar-refractivity contribution in [2.75, 3.05) is 33.9 Å². The van der Waals surface area contributed by atoms with Crippen LogP contribution in [-0.4, -0.2) is 50.8 Å². The predicted octanol–water partition coefficient (Wildman–Crippen LogP) is -0.510. The van der Waals surface area contributed by atoms with Crippen LogP contribution < -0.4 is 0 Å². The number of methoxy groups -OCH3 is 1. The first-order chi connectivity index (χ1) is 5.25. The van der Waals surface area contributed by atoms with E-state index >= 15 is 0 Å². The summed E-state index contributed by atoms with van der Waals surface area (Å²) in [5, 5.41) is 0. The minimum atomic E-state index is -0.216. The van der Waals surface area contributed by atoms with Crippen molar-refractivity contribution in [3.63, 3.8) is 0 Å². The molecule has 0 aromatic heterocycles. The molecule has 11 heavy (non-hydrogen) atoms. The molecule has 4 nitrogen and oxygen atoms in total. The van der Waals surface area contributed by atoms with E-state index in [0.717, 1.165) is 6.54 Å². The van der Waals surface area contributed by atoms with E-state index in [-0.39, 0.29) is 12.0 Å². The van der Waals surface area contributed by atoms with Crippen molar-refractivity contribution in [1.29, 1.82) is 0 Å². The second-order valence-electron chi connectivity index (χ2n) is 2.59. The first-order valence-corrected chi connectivity index (χ1v) is 3.61. The highest BCUT2D eigenvalue weighted by atomic mass is 16.5. The van der Waals surface area contributed by atoms with Gasteiger partial charge in [0.2, 0.25) is 0 Å². The molecule has 1 heterocycles. The van der Waals surface area contributed by atoms with Gasteiger partial charge >= 0.3 is 5.97 Å². The summed E-state index contributed by atoms with van der Waals surface area (Å²) in [5.74, 6) is -0.216. The van der Waals surface area contributed by atoms with Gasteiger partial charge in [-0.1, -0.05) is 0 Å². The zero-order chi connectivity index (χ0) is 8.27. The Bertz CT molecular complexity index is 149. The summed E-state index contributed by atoms with van der Waals surface area (Å²) >= 11 is 0. The Morgan fingerprint density at radius 3 is 3.00 bits per heavy atom. The van der Waals surface area contributed by atoms with E-state index in [1.165, 1.54) is 7.11 Å². The minimum absolute atomic E-state index is 0.214. The SMILES string of the molecule is COC(=O)[C@H]1COCCN1C. The molecular formula is C7H13NO3. The fraction of sp³-hybridized carbons (Fsp3) is 0.857. The number of carbonyl (C=O) groups excluding carboxylic acids is 1. The molecule has 0 unspecified atom stereocenters. The van der Waals surface area contributed by atoms with Crippen molar-refractivity contribution >= 4 is 5.97 Å². The molecule has 0 aromatic carbocycles. The average molecular weight is 159 g/mol. The normalized spacial score (nSPS) is 26.5. The number of hydrogen-bond donors (Lipinski definition) is 0. The third-order valence-corrected chi connectivity index (χ3v) is 1.87. The molecule has 1 aliphatic rings. The highest BCUT2D eigenvalue weighted by Gasteiger charge is 2.26. The fourth-order valence-electron chi connectivity index (χ4n) is 1.07. The van der Waals surface area contributed by atoms with Gasteiger partial charge in [-0.05, 0) is 7.05 Å². The van der Waals surface area contributed by atoms with Crippen LogP contribution in [0.4, 0.5) is 0 Å². The largest absolute Gasteiger partial charge is 0.468 e. The molecule has 1 atom stereocenters. The third-order valence-electron chi connectivity index (χ3n) is 1.87. The minimum Gasteiger partial charge on any atom is -0.468 e. The van der Waals surface area contributed by atoms with Crippen molar-refractivity contribution in [3.8, 4) is 0 Å². The lowest BCUT2D eigenvalue weighted by molar-refractivity contribution is -0.152. The topological polar surface area (TPSA) is 38.8 Å². The molecule has 0 aromatic rings. The lowest BCUT2D eigenvalue weighted by atomic mass is 10.2. The summed E-state index contributed by atoms with van der Waals surface area (Å²) in [5.41, 5.74) is 0. The number of rotatable bonds is 1. The summed E-state index contributed by atoms with van der Waals surface area (Å²) < 4.78 is 9.73. The lowest BCUT2D eigenvalue weighted by Gasteiger charge is -2.29. The van der Waals surface area contributed by atoms with Gasteiger partial charge in [-0.15, -0.1) is 0 Å². The number of nitrogens with zero attached hydrogens (tertiary/aromatic N) is 1. The maximum Gasteiger partial charge on any atom is 0.325 e. The van der Waals surface area contributed by atoms with Gasteiger partial charge in [0.1, 0.15) is 6.04 Å². The van der Waals surface area contributed by atoms with Gasteiger partial charge in [0.25, 0.3) is 0 Å². The van der Waals surface area contributed by atoms with Gasteiger partial charge in [0.15, 0.2) is 0 Å². The molecule has 64 valence electrons. The van der Waals surface area contributed by atoms with E-state index in [1.807, 2.05) is 11.9 Å². The Hall–Kier alpha value is -0.610. The predicted molar refractivity (Wildman–Crippen MR) is 39.3 cm³/mol. The highest BCUT2D eigenvalue weighted by Crippen LogP contribution is 2.04. The second-order valence-corrected chi connectivity index (χ2v) is 2.59. The molecule has 1 fully saturated rings. The molecule has 0 amide bonds. The molecule has 0 saturated carbocycles. The number of esters is 1. The summed E-state index contributed by atoms with van der Waals surface area (Å²) in [6.07, 6.45) is 0. The van der Waals surface area contributed by atoms with E-state index in [0.29, 0.717) is 13.2 Å². The van der Waals surface area contributed by atoms with Crippen LogP contribution in [0.5, 0.6) is 0 Å². The van der Waals surface area contributed by atoms with E-state index in [4.69, 9.17) is 4.74 Å². The van der Waals surface area contributed by atoms with Crippen LogP contribution in [0.3, 0.4) is 0 Å². The maximum absolute atomic E-state index is 11.0. The van der Waals surface area contributed by atoms with Crippen molar-refractivity contribution in [1.82, 2.24) is 4.90 Å². The Labute approximate surface area is 66.1 Å². The molecule has 0 bridgehead atoms. The number of likely N-dealkylation sites (N-methyl/N-ethyl adjacent to an activating group) is 1. The Balaban J connectivity index is 2.47. The third kappa shape index (κ3) is 1.91. The highest BCUT2D eigenvalue weighted by molar-refractivity contribution is 5.75. The summed E-state index contributed by atoms with van der Waals surface area (Å²) in [6.45, 7) is 1.94. The first-order valence-electron chi connectivity index (χ1n) is 3.61. The van der Waals surface area contributed by atoms with Crippen LogP contribution in [0.1, 0.15) is 0 Å². The van der Waals surface area contributed by atoms with E-state index in [1.54, 1.807) is 0 Å². The van der Waals surface area contributed by atoms with Crippen molar-refractivity contribution in [3.05, 3.63) is 0 Å². The summed E-state index contributed by atoms with van der Waals surface area (Å²) in [6, 6.07) is -0.214. The number of carbonyl (C=O) groups is 1. The molecule has 0 spiro atoms. The van der Waals surface area contributed by atoms with Crippen LogP contribution in [-0.2, 0) is 14.3 Å². The summed E-state index contributed by atoms with van der Waals surface area (Å²) in [4.78, 5) is 13.0. The molecular weight excluding hydrogens is 146 g/mol. The van der Waals surface area contributed by atoms with Gasteiger partial charge in [-0.25, -0.2) is 0 Å². The van der Waals surface area contributed by atoms with Crippen molar-refractivity contribution < 1.29 is 14.3 Å². The first kappa shape index (κ1) is 8.49. The van der Waals surface area contributed by atoms with Gasteiger partial charge < -0.3 is 9.47 Å². The second kappa shape index (κ2) is 3.69. The molecule has 0 aliphatic carbocycles. The number of hydrogen-bond acceptors (Lipinski definition) is 4. The van der Waals surface area contributed by atoms with Gasteiger partial charge in [0, 0.05) is 6.54 Å². The Morgan fingerprint density at radius 2 is 2.45 bits per heavy atom. The Kier molecular flexibility index (Phi) is 2.84. The summed E-state index contributed by atoms with van der Waals surface area (Å²) in [7, 11) is 3.29. The Morgan fingerprint density at radius 1 is 1.73 bits per heavy atom. The van der Waals surface area contributed by atoms with Crippen LogP contribution in [0.2, 0.25) is 0 Å². The van der Waals surface area contributed by atoms with E-state index in [9.17, 15) is 4.79 Å². The van der Waals surface area contributed by atoms with Crippen LogP contribution >= 0.6 is 0 Å². The molecule has 0 radical (unpaired) electrons. The monoisotopic (exact) mass is 159 g/mol. The molecule has 0 N–H and O–H groups in total. The molecule has 1 aliphatic heterocycles. The average Bonchev–Trinajstić information content (AvgIpc) is 2.04. The molecule has 4 heteroatoms. The van der Waals surface area contributed by atoms with Crippen LogP contribution in [0, 0.1) is 0 Å². The lowest BCUT2D eigenvalue weighted by Crippen LogP contribution is -2.48. The van der Waals surface area contributed by atoms with E-state index in [2.05, 4.69) is 4.74 Å². The molecule has 1 saturated heterocycles. The van der Waals surface area contributed by atoms with Crippen molar-refractivity contribution in [2.24, 2.45) is 0 Å². The van der Waals surface area contributed by atoms with E-state index < -0.39 is 0 Å². The van der Waals surface area contributed by atoms with Gasteiger partial charge in [-0.3, -0.25) is 9.69 Å². The van der Waals surface area contributed by atoms with Crippen LogP contribution in [0.25, 0.3) is 0 Å². The number of morpholine rings is 1. The zero-order valence-electron chi connectivity index (χ0n) is 6.87. The van der Waals surface area contributed by atoms with Crippen molar-refractivity contribution in [2.45, 2.75) is 6.04 Å². The standard InChI is InChI=1S/C7H13NO3/c1-8-3-4-11-5-6(8)7(9)10-2/h6H,3-5H2,1-2H3/t6-/m1/s1. The number of ether oxygens (including phenoxy) is 2. The maximum atomic E-state index is 11.0. The van der Waals surface area contributed by atoms with Gasteiger partial charge in [-0.2, -0.15) is 0 Å². The quantitative estimate of drug-likeness (QED) is 0.483. The molecule has 1 rings (SSSR count). The smallest absolute Gasteiger partial charge is 0.325 e. The zero-order valence-corrected chi connectivity index (χ0v) is 6.87. The van der Waals surface area contributed by atoms with Gasteiger partial charge in [0.05, 0.1) is 20.3 Å². The fourth-order valence-corrected chi connectivity index (χ4v) is 1.07. The van der Waals surface area contributed by atoms with Crippen LogP contribution in [0.15, 0.2) is 0 Å².